The largest absolute Gasteiger partial charge is 0.465 e. The molecule has 0 aromatic heterocycles. The highest BCUT2D eigenvalue weighted by Crippen LogP contribution is 2.06. The third-order valence-corrected chi connectivity index (χ3v) is 2.15. The number of rotatable bonds is 3. The highest BCUT2D eigenvalue weighted by Gasteiger charge is 2.08. The van der Waals surface area contributed by atoms with Gasteiger partial charge in [-0.25, -0.2) is 4.79 Å². The van der Waals surface area contributed by atoms with Crippen LogP contribution in [0.25, 0.3) is 0 Å². The average Bonchev–Trinajstić information content (AvgIpc) is 2.05. The molecule has 2 N–H and O–H groups in total. The van der Waals surface area contributed by atoms with Crippen LogP contribution in [0.3, 0.4) is 0 Å². The van der Waals surface area contributed by atoms with E-state index in [9.17, 15) is 4.79 Å². The summed E-state index contributed by atoms with van der Waals surface area (Å²) < 4.78 is 0. The number of nitrogens with one attached hydrogen (secondary N) is 1. The molecule has 0 unspecified atom stereocenters. The molecule has 1 amide bonds. The van der Waals surface area contributed by atoms with Gasteiger partial charge < -0.3 is 15.3 Å². The van der Waals surface area contributed by atoms with Crippen molar-refractivity contribution in [1.29, 1.82) is 0 Å². The Bertz CT molecular complexity index is 144. The molecule has 1 heterocycles. The molecule has 0 aliphatic carbocycles. The fourth-order valence-electron chi connectivity index (χ4n) is 1.50. The summed E-state index contributed by atoms with van der Waals surface area (Å²) in [7, 11) is 0. The monoisotopic (exact) mass is 172 g/mol. The van der Waals surface area contributed by atoms with Gasteiger partial charge in [-0.1, -0.05) is 6.42 Å². The van der Waals surface area contributed by atoms with E-state index in [1.165, 1.54) is 19.3 Å². The first-order chi connectivity index (χ1) is 5.79. The summed E-state index contributed by atoms with van der Waals surface area (Å²) in [5, 5.41) is 10.7. The third-order valence-electron chi connectivity index (χ3n) is 2.15. The van der Waals surface area contributed by atoms with Gasteiger partial charge in [-0.05, 0) is 25.9 Å². The van der Waals surface area contributed by atoms with Crippen molar-refractivity contribution in [1.82, 2.24) is 10.2 Å². The van der Waals surface area contributed by atoms with E-state index in [0.717, 1.165) is 19.6 Å². The van der Waals surface area contributed by atoms with Crippen LogP contribution < -0.4 is 5.32 Å². The van der Waals surface area contributed by atoms with Crippen LogP contribution in [-0.4, -0.2) is 42.3 Å². The molecular weight excluding hydrogens is 156 g/mol. The maximum atomic E-state index is 10.1. The molecule has 70 valence electrons. The number of nitrogens with zero attached hydrogens (tertiary/aromatic N) is 1. The standard InChI is InChI=1S/C8H16N2O2/c11-8(12)9-4-7-10-5-2-1-3-6-10/h9H,1-7H2,(H,11,12). The molecule has 1 aliphatic rings. The van der Waals surface area contributed by atoms with Crippen LogP contribution >= 0.6 is 0 Å². The topological polar surface area (TPSA) is 52.6 Å². The van der Waals surface area contributed by atoms with Gasteiger partial charge in [0, 0.05) is 13.1 Å². The Morgan fingerprint density at radius 1 is 1.33 bits per heavy atom. The number of piperidine rings is 1. The summed E-state index contributed by atoms with van der Waals surface area (Å²) in [6, 6.07) is 0. The Kier molecular flexibility index (Phi) is 3.87. The molecule has 0 saturated carbocycles. The summed E-state index contributed by atoms with van der Waals surface area (Å²) in [6.07, 6.45) is 2.91. The molecule has 1 aliphatic heterocycles. The molecule has 0 bridgehead atoms. The molecule has 0 spiro atoms. The number of likely N-dealkylation sites (tertiary alicyclic amines) is 1. The highest BCUT2D eigenvalue weighted by molar-refractivity contribution is 5.64. The fraction of sp³-hybridized carbons (Fsp3) is 0.875. The Hall–Kier alpha value is -0.770. The minimum absolute atomic E-state index is 0.551. The average molecular weight is 172 g/mol. The van der Waals surface area contributed by atoms with Crippen molar-refractivity contribution in [3.63, 3.8) is 0 Å². The van der Waals surface area contributed by atoms with Gasteiger partial charge in [0.25, 0.3) is 0 Å². The predicted octanol–water partition coefficient (Wildman–Crippen LogP) is 0.740. The molecule has 0 radical (unpaired) electrons. The maximum absolute atomic E-state index is 10.1. The van der Waals surface area contributed by atoms with Crippen LogP contribution in [0.2, 0.25) is 0 Å². The molecule has 4 heteroatoms. The Balaban J connectivity index is 2.01. The lowest BCUT2D eigenvalue weighted by Crippen LogP contribution is -2.37. The smallest absolute Gasteiger partial charge is 0.404 e. The highest BCUT2D eigenvalue weighted by atomic mass is 16.4. The Labute approximate surface area is 72.6 Å². The van der Waals surface area contributed by atoms with Gasteiger partial charge in [-0.2, -0.15) is 0 Å². The van der Waals surface area contributed by atoms with Gasteiger partial charge >= 0.3 is 6.09 Å². The molecule has 1 saturated heterocycles. The Morgan fingerprint density at radius 3 is 2.58 bits per heavy atom. The van der Waals surface area contributed by atoms with Crippen LogP contribution in [0.1, 0.15) is 19.3 Å². The maximum Gasteiger partial charge on any atom is 0.404 e. The van der Waals surface area contributed by atoms with E-state index < -0.39 is 6.09 Å². The number of carbonyl (C=O) groups is 1. The number of hydrogen-bond acceptors (Lipinski definition) is 2. The molecular formula is C8H16N2O2. The number of amides is 1. The first kappa shape index (κ1) is 9.32. The summed E-state index contributed by atoms with van der Waals surface area (Å²) in [5.41, 5.74) is 0. The van der Waals surface area contributed by atoms with E-state index in [-0.39, 0.29) is 0 Å². The fourth-order valence-corrected chi connectivity index (χ4v) is 1.50. The van der Waals surface area contributed by atoms with E-state index in [4.69, 9.17) is 5.11 Å². The molecule has 4 nitrogen and oxygen atoms in total. The van der Waals surface area contributed by atoms with Gasteiger partial charge in [-0.15, -0.1) is 0 Å². The first-order valence-corrected chi connectivity index (χ1v) is 4.48. The van der Waals surface area contributed by atoms with Crippen molar-refractivity contribution < 1.29 is 9.90 Å². The quantitative estimate of drug-likeness (QED) is 0.660. The summed E-state index contributed by atoms with van der Waals surface area (Å²) in [6.45, 7) is 3.66. The van der Waals surface area contributed by atoms with E-state index in [1.807, 2.05) is 0 Å². The zero-order valence-electron chi connectivity index (χ0n) is 7.25. The van der Waals surface area contributed by atoms with Crippen LogP contribution in [0.4, 0.5) is 4.79 Å². The first-order valence-electron chi connectivity index (χ1n) is 4.48. The van der Waals surface area contributed by atoms with E-state index >= 15 is 0 Å². The van der Waals surface area contributed by atoms with Crippen molar-refractivity contribution in [3.8, 4) is 0 Å². The Morgan fingerprint density at radius 2 is 2.00 bits per heavy atom. The van der Waals surface area contributed by atoms with Crippen molar-refractivity contribution >= 4 is 6.09 Å². The summed E-state index contributed by atoms with van der Waals surface area (Å²) in [4.78, 5) is 12.4. The van der Waals surface area contributed by atoms with Crippen LogP contribution in [0.5, 0.6) is 0 Å². The van der Waals surface area contributed by atoms with E-state index in [2.05, 4.69) is 10.2 Å². The van der Waals surface area contributed by atoms with Crippen LogP contribution in [-0.2, 0) is 0 Å². The molecule has 12 heavy (non-hydrogen) atoms. The summed E-state index contributed by atoms with van der Waals surface area (Å²) >= 11 is 0. The lowest BCUT2D eigenvalue weighted by molar-refractivity contribution is 0.188. The molecule has 0 aromatic rings. The van der Waals surface area contributed by atoms with E-state index in [0.29, 0.717) is 6.54 Å². The SMILES string of the molecule is O=C(O)NCCN1CCCCC1. The second-order valence-corrected chi connectivity index (χ2v) is 3.13. The molecule has 0 atom stereocenters. The van der Waals surface area contributed by atoms with Crippen molar-refractivity contribution in [2.75, 3.05) is 26.2 Å². The van der Waals surface area contributed by atoms with Crippen molar-refractivity contribution in [2.45, 2.75) is 19.3 Å². The molecule has 1 fully saturated rings. The lowest BCUT2D eigenvalue weighted by atomic mass is 10.1. The normalized spacial score (nSPS) is 19.0. The second-order valence-electron chi connectivity index (χ2n) is 3.13. The number of carboxylic acid groups (broad SMARTS) is 1. The van der Waals surface area contributed by atoms with Gasteiger partial charge in [0.1, 0.15) is 0 Å². The van der Waals surface area contributed by atoms with Crippen molar-refractivity contribution in [3.05, 3.63) is 0 Å². The number of hydrogen-bond donors (Lipinski definition) is 2. The second kappa shape index (κ2) is 4.98. The molecule has 0 aromatic carbocycles. The minimum atomic E-state index is -0.924. The van der Waals surface area contributed by atoms with Crippen LogP contribution in [0.15, 0.2) is 0 Å². The van der Waals surface area contributed by atoms with E-state index in [1.54, 1.807) is 0 Å². The predicted molar refractivity (Wildman–Crippen MR) is 46.3 cm³/mol. The zero-order valence-corrected chi connectivity index (χ0v) is 7.25. The zero-order chi connectivity index (χ0) is 8.81. The molecule has 1 rings (SSSR count). The minimum Gasteiger partial charge on any atom is -0.465 e. The van der Waals surface area contributed by atoms with Gasteiger partial charge in [-0.3, -0.25) is 0 Å². The van der Waals surface area contributed by atoms with Crippen molar-refractivity contribution in [2.24, 2.45) is 0 Å². The van der Waals surface area contributed by atoms with Gasteiger partial charge in [0.05, 0.1) is 0 Å². The lowest BCUT2D eigenvalue weighted by Gasteiger charge is -2.25. The summed E-state index contributed by atoms with van der Waals surface area (Å²) in [5.74, 6) is 0. The van der Waals surface area contributed by atoms with Gasteiger partial charge in [0.15, 0.2) is 0 Å². The van der Waals surface area contributed by atoms with Gasteiger partial charge in [0.2, 0.25) is 0 Å². The third kappa shape index (κ3) is 3.57. The van der Waals surface area contributed by atoms with Crippen LogP contribution in [0, 0.1) is 0 Å².